The van der Waals surface area contributed by atoms with Crippen LogP contribution in [-0.4, -0.2) is 63.2 Å². The number of rotatable bonds is 19. The summed E-state index contributed by atoms with van der Waals surface area (Å²) in [6.07, 6.45) is 6.80. The van der Waals surface area contributed by atoms with Gasteiger partial charge in [-0.3, -0.25) is 9.59 Å². The molecular formula is C18H35NO6. The van der Waals surface area contributed by atoms with Crippen LogP contribution >= 0.6 is 0 Å². The van der Waals surface area contributed by atoms with E-state index in [1.165, 1.54) is 25.7 Å². The van der Waals surface area contributed by atoms with Crippen molar-refractivity contribution in [3.8, 4) is 0 Å². The smallest absolute Gasteiger partial charge is 0.303 e. The first-order valence-electron chi connectivity index (χ1n) is 9.38. The number of carboxylic acids is 1. The summed E-state index contributed by atoms with van der Waals surface area (Å²) in [6, 6.07) is 0. The van der Waals surface area contributed by atoms with Gasteiger partial charge in [0, 0.05) is 26.2 Å². The maximum atomic E-state index is 11.2. The molecule has 25 heavy (non-hydrogen) atoms. The second kappa shape index (κ2) is 19.1. The van der Waals surface area contributed by atoms with Gasteiger partial charge in [0.2, 0.25) is 5.91 Å². The van der Waals surface area contributed by atoms with Gasteiger partial charge in [-0.1, -0.05) is 32.6 Å². The van der Waals surface area contributed by atoms with Gasteiger partial charge in [-0.25, -0.2) is 0 Å². The molecule has 0 saturated heterocycles. The minimum atomic E-state index is -0.962. The highest BCUT2D eigenvalue weighted by Crippen LogP contribution is 2.02. The molecule has 148 valence electrons. The minimum absolute atomic E-state index is 0.0187. The number of amides is 1. The second-order valence-corrected chi connectivity index (χ2v) is 5.85. The lowest BCUT2D eigenvalue weighted by atomic mass is 10.2. The molecule has 0 aliphatic heterocycles. The molecule has 0 aromatic carbocycles. The number of ether oxygens (including phenoxy) is 3. The fourth-order valence-corrected chi connectivity index (χ4v) is 2.06. The summed E-state index contributed by atoms with van der Waals surface area (Å²) >= 11 is 0. The summed E-state index contributed by atoms with van der Waals surface area (Å²) in [5.41, 5.74) is 0. The molecule has 0 aliphatic rings. The largest absolute Gasteiger partial charge is 0.481 e. The van der Waals surface area contributed by atoms with E-state index in [1.54, 1.807) is 0 Å². The van der Waals surface area contributed by atoms with Crippen molar-refractivity contribution in [2.75, 3.05) is 46.2 Å². The van der Waals surface area contributed by atoms with Crippen molar-refractivity contribution in [1.82, 2.24) is 5.32 Å². The number of hydrogen-bond acceptors (Lipinski definition) is 5. The van der Waals surface area contributed by atoms with E-state index < -0.39 is 5.97 Å². The summed E-state index contributed by atoms with van der Waals surface area (Å²) in [6.45, 7) is 6.30. The highest BCUT2D eigenvalue weighted by atomic mass is 16.5. The van der Waals surface area contributed by atoms with Crippen molar-refractivity contribution in [3.63, 3.8) is 0 Å². The molecule has 0 rings (SSSR count). The Balaban J connectivity index is 3.09. The molecule has 7 nitrogen and oxygen atoms in total. The molecule has 0 heterocycles. The molecule has 0 radical (unpaired) electrons. The Morgan fingerprint density at radius 1 is 0.760 bits per heavy atom. The molecule has 0 fully saturated rings. The predicted molar refractivity (Wildman–Crippen MR) is 95.7 cm³/mol. The standard InChI is InChI=1S/C18H35NO6/c1-2-3-4-5-6-11-23-13-15-25-16-14-24-12-7-10-19-17(20)8-9-18(21)22/h2-16H2,1H3,(H,19,20)(H,21,22). The Morgan fingerprint density at radius 3 is 1.92 bits per heavy atom. The van der Waals surface area contributed by atoms with Gasteiger partial charge in [0.05, 0.1) is 32.8 Å². The maximum absolute atomic E-state index is 11.2. The van der Waals surface area contributed by atoms with Gasteiger partial charge in [0.25, 0.3) is 0 Å². The Morgan fingerprint density at radius 2 is 1.32 bits per heavy atom. The number of unbranched alkanes of at least 4 members (excludes halogenated alkanes) is 4. The van der Waals surface area contributed by atoms with Gasteiger partial charge in [-0.15, -0.1) is 0 Å². The lowest BCUT2D eigenvalue weighted by Gasteiger charge is -2.07. The first-order chi connectivity index (χ1) is 12.2. The topological polar surface area (TPSA) is 94.1 Å². The van der Waals surface area contributed by atoms with E-state index in [1.807, 2.05) is 0 Å². The number of aliphatic carboxylic acids is 1. The molecule has 0 spiro atoms. The van der Waals surface area contributed by atoms with Crippen molar-refractivity contribution >= 4 is 11.9 Å². The van der Waals surface area contributed by atoms with Crippen LogP contribution in [0.3, 0.4) is 0 Å². The summed E-state index contributed by atoms with van der Waals surface area (Å²) in [5.74, 6) is -1.20. The van der Waals surface area contributed by atoms with Gasteiger partial charge < -0.3 is 24.6 Å². The molecule has 0 saturated carbocycles. The number of carbonyl (C=O) groups excluding carboxylic acids is 1. The Labute approximate surface area is 151 Å². The van der Waals surface area contributed by atoms with E-state index in [4.69, 9.17) is 19.3 Å². The quantitative estimate of drug-likeness (QED) is 0.343. The van der Waals surface area contributed by atoms with E-state index in [2.05, 4.69) is 12.2 Å². The van der Waals surface area contributed by atoms with Crippen LogP contribution in [0.1, 0.15) is 58.3 Å². The van der Waals surface area contributed by atoms with Gasteiger partial charge in [-0.2, -0.15) is 0 Å². The van der Waals surface area contributed by atoms with E-state index in [0.717, 1.165) is 13.0 Å². The van der Waals surface area contributed by atoms with Crippen LogP contribution in [0.25, 0.3) is 0 Å². The molecular weight excluding hydrogens is 326 g/mol. The van der Waals surface area contributed by atoms with Crippen molar-refractivity contribution in [2.24, 2.45) is 0 Å². The van der Waals surface area contributed by atoms with E-state index >= 15 is 0 Å². The van der Waals surface area contributed by atoms with Gasteiger partial charge in [0.1, 0.15) is 0 Å². The lowest BCUT2D eigenvalue weighted by molar-refractivity contribution is -0.138. The summed E-state index contributed by atoms with van der Waals surface area (Å²) < 4.78 is 16.3. The number of nitrogens with one attached hydrogen (secondary N) is 1. The third-order valence-electron chi connectivity index (χ3n) is 3.49. The average Bonchev–Trinajstić information content (AvgIpc) is 2.59. The molecule has 0 aromatic rings. The fourth-order valence-electron chi connectivity index (χ4n) is 2.06. The molecule has 0 aliphatic carbocycles. The van der Waals surface area contributed by atoms with Crippen molar-refractivity contribution in [1.29, 1.82) is 0 Å². The summed E-state index contributed by atoms with van der Waals surface area (Å²) in [4.78, 5) is 21.6. The molecule has 2 N–H and O–H groups in total. The number of hydrogen-bond donors (Lipinski definition) is 2. The Kier molecular flexibility index (Phi) is 18.2. The van der Waals surface area contributed by atoms with Gasteiger partial charge >= 0.3 is 5.97 Å². The molecule has 7 heteroatoms. The third-order valence-corrected chi connectivity index (χ3v) is 3.49. The maximum Gasteiger partial charge on any atom is 0.303 e. The second-order valence-electron chi connectivity index (χ2n) is 5.85. The van der Waals surface area contributed by atoms with Gasteiger partial charge in [0.15, 0.2) is 0 Å². The Hall–Kier alpha value is -1.18. The zero-order chi connectivity index (χ0) is 18.6. The predicted octanol–water partition coefficient (Wildman–Crippen LogP) is 2.38. The number of carbonyl (C=O) groups is 2. The molecule has 1 amide bonds. The third kappa shape index (κ3) is 20.8. The van der Waals surface area contributed by atoms with Crippen molar-refractivity contribution in [3.05, 3.63) is 0 Å². The monoisotopic (exact) mass is 361 g/mol. The van der Waals surface area contributed by atoms with Gasteiger partial charge in [-0.05, 0) is 12.8 Å². The Bertz CT molecular complexity index is 325. The summed E-state index contributed by atoms with van der Waals surface area (Å²) in [7, 11) is 0. The zero-order valence-corrected chi connectivity index (χ0v) is 15.6. The van der Waals surface area contributed by atoms with Crippen LogP contribution in [0.5, 0.6) is 0 Å². The highest BCUT2D eigenvalue weighted by Gasteiger charge is 2.03. The van der Waals surface area contributed by atoms with Crippen LogP contribution in [0.4, 0.5) is 0 Å². The minimum Gasteiger partial charge on any atom is -0.481 e. The van der Waals surface area contributed by atoms with E-state index in [-0.39, 0.29) is 18.7 Å². The van der Waals surface area contributed by atoms with Crippen LogP contribution in [0.15, 0.2) is 0 Å². The van der Waals surface area contributed by atoms with E-state index in [0.29, 0.717) is 46.0 Å². The van der Waals surface area contributed by atoms with Crippen molar-refractivity contribution in [2.45, 2.75) is 58.3 Å². The van der Waals surface area contributed by atoms with Crippen LogP contribution < -0.4 is 5.32 Å². The first kappa shape index (κ1) is 23.8. The van der Waals surface area contributed by atoms with Crippen LogP contribution in [0.2, 0.25) is 0 Å². The fraction of sp³-hybridized carbons (Fsp3) is 0.889. The highest BCUT2D eigenvalue weighted by molar-refractivity contribution is 5.80. The molecule has 0 aromatic heterocycles. The normalized spacial score (nSPS) is 10.8. The molecule has 0 unspecified atom stereocenters. The van der Waals surface area contributed by atoms with E-state index in [9.17, 15) is 9.59 Å². The molecule has 0 atom stereocenters. The first-order valence-corrected chi connectivity index (χ1v) is 9.38. The average molecular weight is 361 g/mol. The van der Waals surface area contributed by atoms with Crippen LogP contribution in [-0.2, 0) is 23.8 Å². The molecule has 0 bridgehead atoms. The van der Waals surface area contributed by atoms with Crippen LogP contribution in [0, 0.1) is 0 Å². The lowest BCUT2D eigenvalue weighted by Crippen LogP contribution is -2.25. The summed E-state index contributed by atoms with van der Waals surface area (Å²) in [5, 5.41) is 11.1. The number of carboxylic acid groups (broad SMARTS) is 1. The van der Waals surface area contributed by atoms with Crippen molar-refractivity contribution < 1.29 is 28.9 Å². The SMILES string of the molecule is CCCCCCCOCCOCCOCCCNC(=O)CCC(=O)O. The zero-order valence-electron chi connectivity index (χ0n) is 15.6.